The van der Waals surface area contributed by atoms with Gasteiger partial charge in [0.1, 0.15) is 42.0 Å². The maximum absolute atomic E-state index is 13.6. The quantitative estimate of drug-likeness (QED) is 0.0164. The van der Waals surface area contributed by atoms with Gasteiger partial charge in [0.05, 0.1) is 156 Å². The number of anilines is 1. The van der Waals surface area contributed by atoms with Crippen LogP contribution in [0, 0.1) is 17.5 Å². The maximum atomic E-state index is 13.6. The number of rotatable bonds is 37. The molecule has 2 aliphatic heterocycles. The molecule has 3 aromatic heterocycles. The molecule has 420 valence electrons. The molecule has 26 nitrogen and oxygen atoms in total. The Morgan fingerprint density at radius 3 is 1.95 bits per heavy atom. The molecule has 6 rings (SSSR count). The van der Waals surface area contributed by atoms with Crippen LogP contribution in [0.25, 0.3) is 11.0 Å². The summed E-state index contributed by atoms with van der Waals surface area (Å²) in [6.45, 7) is 6.99. The van der Waals surface area contributed by atoms with Gasteiger partial charge >= 0.3 is 13.6 Å². The van der Waals surface area contributed by atoms with Crippen molar-refractivity contribution in [3.8, 4) is 5.75 Å². The van der Waals surface area contributed by atoms with Crippen LogP contribution in [0.5, 0.6) is 5.75 Å². The lowest BCUT2D eigenvalue weighted by molar-refractivity contribution is -0.136. The maximum Gasteiger partial charge on any atom is 0.350 e. The lowest BCUT2D eigenvalue weighted by Gasteiger charge is -2.33. The molecule has 2 saturated heterocycles. The van der Waals surface area contributed by atoms with Gasteiger partial charge in [-0.1, -0.05) is 5.21 Å². The Morgan fingerprint density at radius 2 is 1.33 bits per heavy atom. The normalized spacial score (nSPS) is 18.5. The highest BCUT2D eigenvalue weighted by Crippen LogP contribution is 2.37. The minimum absolute atomic E-state index is 0.0142. The van der Waals surface area contributed by atoms with Crippen molar-refractivity contribution in [1.82, 2.24) is 34.7 Å². The number of hydrogen-bond donors (Lipinski definition) is 4. The first kappa shape index (κ1) is 60.1. The second-order valence-corrected chi connectivity index (χ2v) is 18.6. The number of carbonyl (C=O) groups excluding carboxylic acids is 1. The first-order valence-electron chi connectivity index (χ1n) is 24.0. The van der Waals surface area contributed by atoms with Gasteiger partial charge in [0.2, 0.25) is 11.0 Å². The van der Waals surface area contributed by atoms with Crippen molar-refractivity contribution >= 4 is 42.0 Å². The summed E-state index contributed by atoms with van der Waals surface area (Å²) in [5, 5.41) is 34.3. The van der Waals surface area contributed by atoms with Crippen molar-refractivity contribution < 1.29 is 99.4 Å². The van der Waals surface area contributed by atoms with Crippen molar-refractivity contribution in [3.05, 3.63) is 53.0 Å². The zero-order valence-corrected chi connectivity index (χ0v) is 42.6. The molecule has 0 unspecified atom stereocenters. The molecule has 2 aliphatic rings. The summed E-state index contributed by atoms with van der Waals surface area (Å²) >= 11 is 6.33. The molecule has 1 aromatic carbocycles. The van der Waals surface area contributed by atoms with E-state index in [4.69, 9.17) is 73.5 Å². The second-order valence-electron chi connectivity index (χ2n) is 16.6. The van der Waals surface area contributed by atoms with E-state index in [0.29, 0.717) is 135 Å². The van der Waals surface area contributed by atoms with E-state index in [9.17, 15) is 32.7 Å². The van der Waals surface area contributed by atoms with Crippen LogP contribution in [0.3, 0.4) is 0 Å². The van der Waals surface area contributed by atoms with E-state index in [1.54, 1.807) is 10.9 Å². The Kier molecular flexibility index (Phi) is 25.6. The number of benzene rings is 1. The summed E-state index contributed by atoms with van der Waals surface area (Å²) in [5.41, 5.74) is 0.944. The molecule has 0 saturated carbocycles. The highest BCUT2D eigenvalue weighted by Gasteiger charge is 2.45. The van der Waals surface area contributed by atoms with Crippen LogP contribution < -0.4 is 9.64 Å². The van der Waals surface area contributed by atoms with Gasteiger partial charge in [-0.2, -0.15) is 15.1 Å². The number of aliphatic hydroxyl groups excluding tert-OH is 2. The summed E-state index contributed by atoms with van der Waals surface area (Å²) in [4.78, 5) is 40.6. The molecule has 4 N–H and O–H groups in total. The fraction of sp³-hybridized carbons (Fsp3) is 0.682. The molecule has 4 aromatic rings. The van der Waals surface area contributed by atoms with Crippen LogP contribution in [-0.2, 0) is 74.6 Å². The minimum Gasteiger partial charge on any atom is -0.420 e. The highest BCUT2D eigenvalue weighted by molar-refractivity contribution is 7.51. The number of piperidine rings is 1. The van der Waals surface area contributed by atoms with Crippen molar-refractivity contribution in [3.63, 3.8) is 0 Å². The van der Waals surface area contributed by atoms with Crippen LogP contribution in [0.2, 0.25) is 5.28 Å². The smallest absolute Gasteiger partial charge is 0.350 e. The van der Waals surface area contributed by atoms with E-state index in [1.807, 2.05) is 4.90 Å². The van der Waals surface area contributed by atoms with E-state index >= 15 is 0 Å². The van der Waals surface area contributed by atoms with Crippen LogP contribution >= 0.6 is 19.2 Å². The molecule has 31 heteroatoms. The molecule has 0 aliphatic carbocycles. The number of aromatic nitrogens is 7. The summed E-state index contributed by atoms with van der Waals surface area (Å²) in [7, 11) is -4.43. The molecule has 4 atom stereocenters. The van der Waals surface area contributed by atoms with Crippen LogP contribution in [0.4, 0.5) is 19.0 Å². The van der Waals surface area contributed by atoms with Gasteiger partial charge in [-0.15, -0.1) is 5.10 Å². The van der Waals surface area contributed by atoms with Gasteiger partial charge in [0.15, 0.2) is 23.5 Å². The number of hydrogen-bond acceptors (Lipinski definition) is 22. The summed E-state index contributed by atoms with van der Waals surface area (Å²) in [5.74, 6) is -5.09. The van der Waals surface area contributed by atoms with E-state index in [2.05, 4.69) is 30.1 Å². The standard InChI is InChI=1S/C44H63ClF3N8O18P/c45-44-50-41(33-25-49-56(42(33)51-44)43-39(59)38(58)36(73-43)28-71-29-75(60,61)62)54-4-1-32(2-5-54)72-22-21-69-18-17-67-15-16-68-19-20-70-27-31-26-55(53-52-31)6-8-64-10-12-66-14-13-65-11-9-63-7-3-37(57)74-40-34(47)23-30(46)24-35(40)48/h23-26,32,36,38-39,43,58-59H,1-22,27-29H2,(H2,60,61,62)/t36-,38-,39-,43-/m1/s1. The minimum atomic E-state index is -4.43. The second kappa shape index (κ2) is 31.9. The Labute approximate surface area is 433 Å². The van der Waals surface area contributed by atoms with Gasteiger partial charge < -0.3 is 81.7 Å². The van der Waals surface area contributed by atoms with Crippen molar-refractivity contribution in [2.45, 2.75) is 63.1 Å². The van der Waals surface area contributed by atoms with Crippen molar-refractivity contribution in [1.29, 1.82) is 0 Å². The third-order valence-corrected chi connectivity index (χ3v) is 11.7. The average Bonchev–Trinajstić information content (AvgIpc) is 4.11. The van der Waals surface area contributed by atoms with E-state index in [1.165, 1.54) is 10.9 Å². The number of aliphatic hydroxyl groups is 2. The van der Waals surface area contributed by atoms with Gasteiger partial charge in [-0.05, 0) is 24.4 Å². The topological polar surface area (TPSA) is 303 Å². The highest BCUT2D eigenvalue weighted by atomic mass is 35.5. The van der Waals surface area contributed by atoms with Gasteiger partial charge in [-0.25, -0.2) is 22.5 Å². The van der Waals surface area contributed by atoms with Gasteiger partial charge in [0, 0.05) is 25.2 Å². The fourth-order valence-electron chi connectivity index (χ4n) is 7.39. The first-order valence-corrected chi connectivity index (χ1v) is 26.2. The monoisotopic (exact) mass is 1110 g/mol. The Morgan fingerprint density at radius 1 is 0.760 bits per heavy atom. The average molecular weight is 1120 g/mol. The van der Waals surface area contributed by atoms with Gasteiger partial charge in [-0.3, -0.25) is 9.36 Å². The molecule has 0 spiro atoms. The number of ether oxygens (including phenoxy) is 12. The van der Waals surface area contributed by atoms with Crippen molar-refractivity contribution in [2.75, 3.05) is 137 Å². The predicted octanol–water partition coefficient (Wildman–Crippen LogP) is 1.57. The third kappa shape index (κ3) is 20.7. The molecule has 75 heavy (non-hydrogen) atoms. The van der Waals surface area contributed by atoms with Gasteiger partial charge in [0.25, 0.3) is 0 Å². The molecule has 0 radical (unpaired) electrons. The predicted molar refractivity (Wildman–Crippen MR) is 252 cm³/mol. The summed E-state index contributed by atoms with van der Waals surface area (Å²) in [6, 6.07) is 0.835. The van der Waals surface area contributed by atoms with Crippen LogP contribution in [0.15, 0.2) is 24.5 Å². The molecule has 0 bridgehead atoms. The van der Waals surface area contributed by atoms with E-state index in [-0.39, 0.29) is 56.5 Å². The Hall–Kier alpha value is -4.11. The number of halogens is 4. The molecule has 2 fully saturated rings. The third-order valence-electron chi connectivity index (χ3n) is 11.0. The van der Waals surface area contributed by atoms with Crippen LogP contribution in [-0.4, -0.2) is 217 Å². The SMILES string of the molecule is O=C(CCOCCOCCOCCOCCn1cc(COCCOCCOCCOCCOC2CCN(c3nc(Cl)nc4c3cnn4[C@@H]3O[C@H](COCP(=O)(O)O)[C@@H](O)[C@H]3O)CC2)nn1)Oc1c(F)cc(F)cc1F. The van der Waals surface area contributed by atoms with E-state index in [0.717, 1.165) is 12.8 Å². The molecule has 5 heterocycles. The summed E-state index contributed by atoms with van der Waals surface area (Å²) in [6.07, 6.45) is -1.47. The number of esters is 1. The Bertz CT molecular complexity index is 2350. The number of nitrogens with zero attached hydrogens (tertiary/aromatic N) is 8. The van der Waals surface area contributed by atoms with Crippen molar-refractivity contribution in [2.24, 2.45) is 0 Å². The number of fused-ring (bicyclic) bond motifs is 1. The zero-order valence-electron chi connectivity index (χ0n) is 40.9. The molecular weight excluding hydrogens is 1050 g/mol. The zero-order chi connectivity index (χ0) is 53.4. The lowest BCUT2D eigenvalue weighted by atomic mass is 10.1. The lowest BCUT2D eigenvalue weighted by Crippen LogP contribution is -2.38. The fourth-order valence-corrected chi connectivity index (χ4v) is 7.90. The largest absolute Gasteiger partial charge is 0.420 e. The molecular formula is C44H63ClF3N8O18P. The Balaban J connectivity index is 0.686. The van der Waals surface area contributed by atoms with Crippen LogP contribution in [0.1, 0.15) is 31.2 Å². The molecule has 0 amide bonds. The van der Waals surface area contributed by atoms with E-state index < -0.39 is 67.7 Å². The summed E-state index contributed by atoms with van der Waals surface area (Å²) < 4.78 is 120. The number of carbonyl (C=O) groups is 1. The first-order chi connectivity index (χ1) is 36.3.